The normalized spacial score (nSPS) is 21.5. The molecule has 20 heavy (non-hydrogen) atoms. The van der Waals surface area contributed by atoms with Crippen molar-refractivity contribution in [3.63, 3.8) is 0 Å². The van der Waals surface area contributed by atoms with Gasteiger partial charge >= 0.3 is 0 Å². The maximum atomic E-state index is 11.6. The summed E-state index contributed by atoms with van der Waals surface area (Å²) in [5.41, 5.74) is 8.08. The fraction of sp³-hybridized carbons (Fsp3) is 0.600. The average Bonchev–Trinajstić information content (AvgIpc) is 2.92. The number of pyridine rings is 1. The van der Waals surface area contributed by atoms with E-state index in [1.54, 1.807) is 0 Å². The molecule has 3 rings (SSSR count). The van der Waals surface area contributed by atoms with Gasteiger partial charge in [0.2, 0.25) is 5.88 Å². The number of carbonyl (C=O) groups is 1. The van der Waals surface area contributed by atoms with Gasteiger partial charge in [0.25, 0.3) is 5.91 Å². The lowest BCUT2D eigenvalue weighted by atomic mass is 10.0. The van der Waals surface area contributed by atoms with Crippen molar-refractivity contribution in [2.24, 2.45) is 11.7 Å². The summed E-state index contributed by atoms with van der Waals surface area (Å²) in [5, 5.41) is 3.36. The molecule has 1 unspecified atom stereocenters. The monoisotopic (exact) mass is 275 g/mol. The number of carbonyl (C=O) groups excluding carboxylic acids is 1. The number of rotatable bonds is 4. The largest absolute Gasteiger partial charge is 0.477 e. The summed E-state index contributed by atoms with van der Waals surface area (Å²) in [6, 6.07) is 1.87. The van der Waals surface area contributed by atoms with E-state index in [2.05, 4.69) is 10.3 Å². The van der Waals surface area contributed by atoms with Crippen LogP contribution in [0.4, 0.5) is 0 Å². The standard InChI is InChI=1S/C15H21N3O2/c16-14(19)12-7-11-4-1-5-13(11)18-15(12)20-9-10-3-2-6-17-8-10/h7,10,17H,1-6,8-9H2,(H2,16,19). The SMILES string of the molecule is NC(=O)c1cc2c(nc1OCC1CCCNC1)CCC2. The van der Waals surface area contributed by atoms with Crippen molar-refractivity contribution in [3.05, 3.63) is 22.9 Å². The van der Waals surface area contributed by atoms with Crippen LogP contribution in [0.2, 0.25) is 0 Å². The second-order valence-corrected chi connectivity index (χ2v) is 5.69. The van der Waals surface area contributed by atoms with E-state index in [-0.39, 0.29) is 0 Å². The summed E-state index contributed by atoms with van der Waals surface area (Å²) in [6.07, 6.45) is 5.37. The average molecular weight is 275 g/mol. The van der Waals surface area contributed by atoms with Gasteiger partial charge in [0.05, 0.1) is 6.61 Å². The molecule has 0 bridgehead atoms. The number of nitrogens with two attached hydrogens (primary N) is 1. The van der Waals surface area contributed by atoms with E-state index >= 15 is 0 Å². The molecule has 1 aliphatic heterocycles. The molecule has 1 amide bonds. The van der Waals surface area contributed by atoms with E-state index in [1.165, 1.54) is 6.42 Å². The number of nitrogens with one attached hydrogen (secondary N) is 1. The molecule has 1 aliphatic carbocycles. The number of amides is 1. The summed E-state index contributed by atoms with van der Waals surface area (Å²) in [5.74, 6) is 0.451. The Balaban J connectivity index is 1.75. The van der Waals surface area contributed by atoms with Crippen molar-refractivity contribution in [1.29, 1.82) is 0 Å². The molecule has 1 fully saturated rings. The van der Waals surface area contributed by atoms with Crippen molar-refractivity contribution in [2.75, 3.05) is 19.7 Å². The maximum Gasteiger partial charge on any atom is 0.254 e. The van der Waals surface area contributed by atoms with Crippen molar-refractivity contribution < 1.29 is 9.53 Å². The molecule has 0 saturated carbocycles. The van der Waals surface area contributed by atoms with E-state index in [0.717, 1.165) is 50.0 Å². The van der Waals surface area contributed by atoms with Crippen LogP contribution in [0.25, 0.3) is 0 Å². The van der Waals surface area contributed by atoms with E-state index < -0.39 is 5.91 Å². The van der Waals surface area contributed by atoms with Crippen LogP contribution < -0.4 is 15.8 Å². The Morgan fingerprint density at radius 3 is 3.10 bits per heavy atom. The predicted molar refractivity (Wildman–Crippen MR) is 75.9 cm³/mol. The number of hydrogen-bond acceptors (Lipinski definition) is 4. The molecule has 5 nitrogen and oxygen atoms in total. The Labute approximate surface area is 118 Å². The zero-order valence-electron chi connectivity index (χ0n) is 11.7. The van der Waals surface area contributed by atoms with Crippen LogP contribution in [0.5, 0.6) is 5.88 Å². The fourth-order valence-electron chi connectivity index (χ4n) is 3.00. The van der Waals surface area contributed by atoms with Crippen LogP contribution >= 0.6 is 0 Å². The topological polar surface area (TPSA) is 77.2 Å². The quantitative estimate of drug-likeness (QED) is 0.861. The lowest BCUT2D eigenvalue weighted by Gasteiger charge is -2.23. The Morgan fingerprint density at radius 2 is 2.35 bits per heavy atom. The number of aryl methyl sites for hydroxylation is 2. The Kier molecular flexibility index (Phi) is 3.87. The van der Waals surface area contributed by atoms with Gasteiger partial charge in [-0.2, -0.15) is 0 Å². The highest BCUT2D eigenvalue weighted by molar-refractivity contribution is 5.95. The lowest BCUT2D eigenvalue weighted by Crippen LogP contribution is -2.33. The van der Waals surface area contributed by atoms with Crippen LogP contribution in [0, 0.1) is 5.92 Å². The zero-order valence-corrected chi connectivity index (χ0v) is 11.7. The van der Waals surface area contributed by atoms with Gasteiger partial charge < -0.3 is 15.8 Å². The minimum atomic E-state index is -0.455. The third-order valence-corrected chi connectivity index (χ3v) is 4.14. The highest BCUT2D eigenvalue weighted by Crippen LogP contribution is 2.27. The number of primary amides is 1. The van der Waals surface area contributed by atoms with Gasteiger partial charge in [0.1, 0.15) is 5.56 Å². The molecule has 1 saturated heterocycles. The molecule has 108 valence electrons. The lowest BCUT2D eigenvalue weighted by molar-refractivity contribution is 0.0993. The first-order valence-corrected chi connectivity index (χ1v) is 7.40. The molecule has 2 aliphatic rings. The van der Waals surface area contributed by atoms with E-state index in [4.69, 9.17) is 10.5 Å². The van der Waals surface area contributed by atoms with Crippen LogP contribution in [0.1, 0.15) is 40.9 Å². The number of ether oxygens (including phenoxy) is 1. The van der Waals surface area contributed by atoms with Crippen molar-refractivity contribution in [1.82, 2.24) is 10.3 Å². The molecule has 0 spiro atoms. The molecule has 2 heterocycles. The van der Waals surface area contributed by atoms with Gasteiger partial charge in [-0.3, -0.25) is 4.79 Å². The van der Waals surface area contributed by atoms with Gasteiger partial charge in [-0.25, -0.2) is 4.98 Å². The van der Waals surface area contributed by atoms with E-state index in [9.17, 15) is 4.79 Å². The Bertz CT molecular complexity index is 510. The number of hydrogen-bond donors (Lipinski definition) is 2. The summed E-state index contributed by atoms with van der Waals surface area (Å²) in [4.78, 5) is 16.1. The first-order chi connectivity index (χ1) is 9.74. The van der Waals surface area contributed by atoms with Gasteiger partial charge in [-0.05, 0) is 50.3 Å². The van der Waals surface area contributed by atoms with Crippen molar-refractivity contribution in [3.8, 4) is 5.88 Å². The Morgan fingerprint density at radius 1 is 1.45 bits per heavy atom. The second-order valence-electron chi connectivity index (χ2n) is 5.69. The summed E-state index contributed by atoms with van der Waals surface area (Å²) < 4.78 is 5.81. The predicted octanol–water partition coefficient (Wildman–Crippen LogP) is 1.05. The molecule has 5 heteroatoms. The smallest absolute Gasteiger partial charge is 0.254 e. The molecule has 3 N–H and O–H groups in total. The first-order valence-electron chi connectivity index (χ1n) is 7.40. The molecule has 0 aromatic carbocycles. The highest BCUT2D eigenvalue weighted by Gasteiger charge is 2.21. The maximum absolute atomic E-state index is 11.6. The van der Waals surface area contributed by atoms with Crippen LogP contribution in [-0.4, -0.2) is 30.6 Å². The molecule has 1 aromatic rings. The zero-order chi connectivity index (χ0) is 13.9. The van der Waals surface area contributed by atoms with Gasteiger partial charge in [-0.15, -0.1) is 0 Å². The minimum absolute atomic E-state index is 0.420. The molecule has 1 atom stereocenters. The molecule has 1 aromatic heterocycles. The second kappa shape index (κ2) is 5.79. The van der Waals surface area contributed by atoms with Crippen LogP contribution in [0.15, 0.2) is 6.07 Å². The summed E-state index contributed by atoms with van der Waals surface area (Å²) in [7, 11) is 0. The van der Waals surface area contributed by atoms with Crippen LogP contribution in [-0.2, 0) is 12.8 Å². The fourth-order valence-corrected chi connectivity index (χ4v) is 3.00. The first kappa shape index (κ1) is 13.4. The van der Waals surface area contributed by atoms with Gasteiger partial charge in [0.15, 0.2) is 0 Å². The molecular weight excluding hydrogens is 254 g/mol. The van der Waals surface area contributed by atoms with Crippen LogP contribution in [0.3, 0.4) is 0 Å². The number of nitrogens with zero attached hydrogens (tertiary/aromatic N) is 1. The molecule has 0 radical (unpaired) electrons. The third-order valence-electron chi connectivity index (χ3n) is 4.14. The minimum Gasteiger partial charge on any atom is -0.477 e. The highest BCUT2D eigenvalue weighted by atomic mass is 16.5. The summed E-state index contributed by atoms with van der Waals surface area (Å²) >= 11 is 0. The Hall–Kier alpha value is -1.62. The number of piperidine rings is 1. The third kappa shape index (κ3) is 2.77. The van der Waals surface area contributed by atoms with Gasteiger partial charge in [-0.1, -0.05) is 0 Å². The van der Waals surface area contributed by atoms with Crippen molar-refractivity contribution >= 4 is 5.91 Å². The van der Waals surface area contributed by atoms with Crippen molar-refractivity contribution in [2.45, 2.75) is 32.1 Å². The number of fused-ring (bicyclic) bond motifs is 1. The van der Waals surface area contributed by atoms with Gasteiger partial charge in [0, 0.05) is 18.2 Å². The molecular formula is C15H21N3O2. The number of aromatic nitrogens is 1. The summed E-state index contributed by atoms with van der Waals surface area (Å²) in [6.45, 7) is 2.65. The van der Waals surface area contributed by atoms with E-state index in [0.29, 0.717) is 24.0 Å². The van der Waals surface area contributed by atoms with E-state index in [1.807, 2.05) is 6.07 Å².